The van der Waals surface area contributed by atoms with Gasteiger partial charge in [-0.25, -0.2) is 4.39 Å². The van der Waals surface area contributed by atoms with E-state index in [1.807, 2.05) is 35.0 Å². The molecule has 1 aromatic heterocycles. The third-order valence-corrected chi connectivity index (χ3v) is 3.53. The second kappa shape index (κ2) is 4.53. The molecule has 0 fully saturated rings. The minimum atomic E-state index is -0.252. The number of aryl methyl sites for hydroxylation is 1. The van der Waals surface area contributed by atoms with Gasteiger partial charge in [0, 0.05) is 37.2 Å². The first kappa shape index (κ1) is 12.0. The summed E-state index contributed by atoms with van der Waals surface area (Å²) in [5.41, 5.74) is 2.67. The largest absolute Gasteiger partial charge is 0.363 e. The van der Waals surface area contributed by atoms with Crippen molar-refractivity contribution >= 4 is 11.5 Å². The fraction of sp³-hybridized carbons (Fsp3) is 0.267. The molecular formula is C15H15FN2O. The third-order valence-electron chi connectivity index (χ3n) is 3.53. The third kappa shape index (κ3) is 2.26. The van der Waals surface area contributed by atoms with Gasteiger partial charge in [-0.15, -0.1) is 0 Å². The molecule has 0 bridgehead atoms. The van der Waals surface area contributed by atoms with Gasteiger partial charge in [-0.3, -0.25) is 4.79 Å². The molecule has 3 rings (SSSR count). The van der Waals surface area contributed by atoms with Crippen LogP contribution in [0.15, 0.2) is 36.7 Å². The van der Waals surface area contributed by atoms with Crippen LogP contribution in [0, 0.1) is 5.82 Å². The Labute approximate surface area is 111 Å². The molecule has 1 aromatic carbocycles. The number of ketones is 1. The maximum atomic E-state index is 13.3. The molecule has 2 heterocycles. The van der Waals surface area contributed by atoms with Gasteiger partial charge in [0.15, 0.2) is 5.78 Å². The monoisotopic (exact) mass is 258 g/mol. The van der Waals surface area contributed by atoms with E-state index in [4.69, 9.17) is 0 Å². The summed E-state index contributed by atoms with van der Waals surface area (Å²) in [6.07, 6.45) is 4.54. The Hall–Kier alpha value is -2.10. The number of nitrogens with zero attached hydrogens (tertiary/aromatic N) is 2. The number of benzene rings is 1. The molecule has 19 heavy (non-hydrogen) atoms. The van der Waals surface area contributed by atoms with Crippen molar-refractivity contribution in [2.45, 2.75) is 6.42 Å². The normalized spacial score (nSPS) is 13.7. The molecule has 3 nitrogen and oxygen atoms in total. The van der Waals surface area contributed by atoms with E-state index in [1.165, 1.54) is 12.1 Å². The highest BCUT2D eigenvalue weighted by Gasteiger charge is 2.22. The smallest absolute Gasteiger partial charge is 0.183 e. The van der Waals surface area contributed by atoms with Crippen LogP contribution in [0.25, 0.3) is 0 Å². The van der Waals surface area contributed by atoms with Crippen LogP contribution in [-0.4, -0.2) is 23.4 Å². The number of anilines is 1. The van der Waals surface area contributed by atoms with E-state index in [2.05, 4.69) is 0 Å². The Morgan fingerprint density at radius 2 is 2.21 bits per heavy atom. The number of carbonyl (C=O) groups is 1. The topological polar surface area (TPSA) is 25.2 Å². The van der Waals surface area contributed by atoms with Crippen molar-refractivity contribution in [3.05, 3.63) is 53.6 Å². The molecule has 0 saturated heterocycles. The molecule has 2 aromatic rings. The SMILES string of the molecule is Cn1ccc(C(=O)CN2CCc3ccc(F)cc32)c1. The number of fused-ring (bicyclic) bond motifs is 1. The van der Waals surface area contributed by atoms with Gasteiger partial charge in [-0.05, 0) is 30.2 Å². The van der Waals surface area contributed by atoms with E-state index in [1.54, 1.807) is 6.07 Å². The molecule has 0 N–H and O–H groups in total. The molecule has 0 aliphatic carbocycles. The van der Waals surface area contributed by atoms with Crippen LogP contribution >= 0.6 is 0 Å². The number of hydrogen-bond donors (Lipinski definition) is 0. The van der Waals surface area contributed by atoms with Gasteiger partial charge in [-0.1, -0.05) is 6.07 Å². The average molecular weight is 258 g/mol. The summed E-state index contributed by atoms with van der Waals surface area (Å²) in [6.45, 7) is 1.08. The van der Waals surface area contributed by atoms with Crippen molar-refractivity contribution in [1.29, 1.82) is 0 Å². The lowest BCUT2D eigenvalue weighted by molar-refractivity contribution is 0.0999. The van der Waals surface area contributed by atoms with Crippen LogP contribution < -0.4 is 4.90 Å². The van der Waals surface area contributed by atoms with Crippen LogP contribution in [0.3, 0.4) is 0 Å². The van der Waals surface area contributed by atoms with Gasteiger partial charge in [0.1, 0.15) is 5.82 Å². The summed E-state index contributed by atoms with van der Waals surface area (Å²) >= 11 is 0. The zero-order valence-corrected chi connectivity index (χ0v) is 10.8. The molecular weight excluding hydrogens is 243 g/mol. The summed E-state index contributed by atoms with van der Waals surface area (Å²) in [5, 5.41) is 0. The van der Waals surface area contributed by atoms with Crippen molar-refractivity contribution in [1.82, 2.24) is 4.57 Å². The minimum absolute atomic E-state index is 0.0673. The van der Waals surface area contributed by atoms with Crippen LogP contribution in [0.4, 0.5) is 10.1 Å². The molecule has 0 atom stereocenters. The Balaban J connectivity index is 1.79. The molecule has 0 spiro atoms. The zero-order valence-electron chi connectivity index (χ0n) is 10.8. The fourth-order valence-electron chi connectivity index (χ4n) is 2.52. The number of aromatic nitrogens is 1. The molecule has 0 radical (unpaired) electrons. The fourth-order valence-corrected chi connectivity index (χ4v) is 2.52. The van der Waals surface area contributed by atoms with Crippen LogP contribution in [0.5, 0.6) is 0 Å². The second-order valence-corrected chi connectivity index (χ2v) is 4.93. The first-order valence-corrected chi connectivity index (χ1v) is 6.32. The molecule has 0 saturated carbocycles. The number of halogens is 1. The number of Topliss-reactive ketones (excluding diaryl/α,β-unsaturated/α-hetero) is 1. The van der Waals surface area contributed by atoms with Gasteiger partial charge in [0.2, 0.25) is 0 Å². The van der Waals surface area contributed by atoms with E-state index in [0.717, 1.165) is 24.2 Å². The van der Waals surface area contributed by atoms with Gasteiger partial charge in [-0.2, -0.15) is 0 Å². The predicted molar refractivity (Wildman–Crippen MR) is 72.1 cm³/mol. The van der Waals surface area contributed by atoms with Crippen molar-refractivity contribution in [3.8, 4) is 0 Å². The Kier molecular flexibility index (Phi) is 2.85. The molecule has 1 aliphatic rings. The summed E-state index contributed by atoms with van der Waals surface area (Å²) in [5.74, 6) is -0.185. The molecule has 0 unspecified atom stereocenters. The lowest BCUT2D eigenvalue weighted by atomic mass is 10.1. The highest BCUT2D eigenvalue weighted by atomic mass is 19.1. The standard InChI is InChI=1S/C15H15FN2O/c1-17-6-4-12(9-17)15(19)10-18-7-5-11-2-3-13(16)8-14(11)18/h2-4,6,8-9H,5,7,10H2,1H3. The number of rotatable bonds is 3. The first-order valence-electron chi connectivity index (χ1n) is 6.32. The van der Waals surface area contributed by atoms with Gasteiger partial charge >= 0.3 is 0 Å². The van der Waals surface area contributed by atoms with Gasteiger partial charge in [0.05, 0.1) is 6.54 Å². The van der Waals surface area contributed by atoms with Crippen LogP contribution in [0.2, 0.25) is 0 Å². The van der Waals surface area contributed by atoms with Crippen molar-refractivity contribution < 1.29 is 9.18 Å². The minimum Gasteiger partial charge on any atom is -0.363 e. The van der Waals surface area contributed by atoms with E-state index in [9.17, 15) is 9.18 Å². The average Bonchev–Trinajstić information content (AvgIpc) is 2.97. The van der Waals surface area contributed by atoms with Crippen LogP contribution in [-0.2, 0) is 13.5 Å². The van der Waals surface area contributed by atoms with E-state index >= 15 is 0 Å². The highest BCUT2D eigenvalue weighted by Crippen LogP contribution is 2.28. The zero-order chi connectivity index (χ0) is 13.4. The molecule has 1 aliphatic heterocycles. The lowest BCUT2D eigenvalue weighted by Gasteiger charge is -2.18. The predicted octanol–water partition coefficient (Wildman–Crippen LogP) is 2.41. The number of hydrogen-bond acceptors (Lipinski definition) is 2. The van der Waals surface area contributed by atoms with Gasteiger partial charge < -0.3 is 9.47 Å². The van der Waals surface area contributed by atoms with Gasteiger partial charge in [0.25, 0.3) is 0 Å². The Morgan fingerprint density at radius 3 is 2.95 bits per heavy atom. The quantitative estimate of drug-likeness (QED) is 0.790. The van der Waals surface area contributed by atoms with Crippen molar-refractivity contribution in [3.63, 3.8) is 0 Å². The molecule has 0 amide bonds. The maximum Gasteiger partial charge on any atom is 0.183 e. The summed E-state index contributed by atoms with van der Waals surface area (Å²) in [7, 11) is 1.89. The summed E-state index contributed by atoms with van der Waals surface area (Å²) < 4.78 is 15.1. The van der Waals surface area contributed by atoms with E-state index < -0.39 is 0 Å². The summed E-state index contributed by atoms with van der Waals surface area (Å²) in [6, 6.07) is 6.60. The molecule has 4 heteroatoms. The van der Waals surface area contributed by atoms with Crippen molar-refractivity contribution in [2.75, 3.05) is 18.0 Å². The molecule has 98 valence electrons. The lowest BCUT2D eigenvalue weighted by Crippen LogP contribution is -2.27. The van der Waals surface area contributed by atoms with E-state index in [-0.39, 0.29) is 11.6 Å². The second-order valence-electron chi connectivity index (χ2n) is 4.93. The van der Waals surface area contributed by atoms with Crippen molar-refractivity contribution in [2.24, 2.45) is 7.05 Å². The Morgan fingerprint density at radius 1 is 1.37 bits per heavy atom. The first-order chi connectivity index (χ1) is 9.13. The summed E-state index contributed by atoms with van der Waals surface area (Å²) in [4.78, 5) is 14.1. The maximum absolute atomic E-state index is 13.3. The highest BCUT2D eigenvalue weighted by molar-refractivity contribution is 5.99. The number of carbonyl (C=O) groups excluding carboxylic acids is 1. The van der Waals surface area contributed by atoms with E-state index in [0.29, 0.717) is 12.1 Å². The Bertz CT molecular complexity index is 633. The van der Waals surface area contributed by atoms with Crippen LogP contribution in [0.1, 0.15) is 15.9 Å².